The van der Waals surface area contributed by atoms with Gasteiger partial charge in [-0.1, -0.05) is 6.07 Å². The van der Waals surface area contributed by atoms with Gasteiger partial charge in [-0.2, -0.15) is 0 Å². The summed E-state index contributed by atoms with van der Waals surface area (Å²) in [5.41, 5.74) is 0.250. The van der Waals surface area contributed by atoms with Crippen LogP contribution in [0.1, 0.15) is 40.6 Å². The van der Waals surface area contributed by atoms with Gasteiger partial charge in [-0.15, -0.1) is 11.3 Å². The van der Waals surface area contributed by atoms with E-state index in [0.29, 0.717) is 24.1 Å². The molecule has 0 saturated carbocycles. The third kappa shape index (κ3) is 3.49. The fourth-order valence-corrected chi connectivity index (χ4v) is 2.79. The van der Waals surface area contributed by atoms with Crippen LogP contribution in [0.25, 0.3) is 0 Å². The molecule has 0 saturated heterocycles. The number of nitrogens with zero attached hydrogens (tertiary/aromatic N) is 1. The molecule has 0 atom stereocenters. The zero-order valence-electron chi connectivity index (χ0n) is 11.9. The van der Waals surface area contributed by atoms with Crippen LogP contribution < -0.4 is 0 Å². The van der Waals surface area contributed by atoms with Gasteiger partial charge >= 0.3 is 5.97 Å². The topological polar surface area (TPSA) is 53.7 Å². The second-order valence-electron chi connectivity index (χ2n) is 5.07. The predicted octanol–water partition coefficient (Wildman–Crippen LogP) is 3.76. The number of carbonyl (C=O) groups is 1. The van der Waals surface area contributed by atoms with E-state index in [1.54, 1.807) is 24.3 Å². The van der Waals surface area contributed by atoms with E-state index in [1.807, 2.05) is 6.07 Å². The lowest BCUT2D eigenvalue weighted by atomic mass is 10.2. The number of hydrogen-bond donors (Lipinski definition) is 1. The molecule has 20 heavy (non-hydrogen) atoms. The van der Waals surface area contributed by atoms with Crippen molar-refractivity contribution in [3.63, 3.8) is 0 Å². The second kappa shape index (κ2) is 6.24. The summed E-state index contributed by atoms with van der Waals surface area (Å²) in [6.07, 6.45) is 0. The average molecular weight is 293 g/mol. The fourth-order valence-electron chi connectivity index (χ4n) is 2.06. The number of thiophene rings is 1. The summed E-state index contributed by atoms with van der Waals surface area (Å²) in [5.74, 6) is 0.226. The first-order chi connectivity index (χ1) is 9.47. The molecule has 2 heterocycles. The molecular weight excluding hydrogens is 274 g/mol. The van der Waals surface area contributed by atoms with Crippen molar-refractivity contribution in [2.45, 2.75) is 39.9 Å². The van der Waals surface area contributed by atoms with Crippen LogP contribution >= 0.6 is 11.3 Å². The first kappa shape index (κ1) is 14.8. The molecule has 0 radical (unpaired) electrons. The Bertz CT molecular complexity index is 572. The molecule has 0 aromatic carbocycles. The van der Waals surface area contributed by atoms with Crippen molar-refractivity contribution in [2.24, 2.45) is 0 Å². The van der Waals surface area contributed by atoms with E-state index >= 15 is 0 Å². The first-order valence-corrected chi connectivity index (χ1v) is 7.44. The monoisotopic (exact) mass is 293 g/mol. The van der Waals surface area contributed by atoms with E-state index < -0.39 is 5.97 Å². The van der Waals surface area contributed by atoms with Gasteiger partial charge in [-0.05, 0) is 38.3 Å². The molecule has 0 aliphatic carbocycles. The maximum absolute atomic E-state index is 11.0. The Morgan fingerprint density at radius 1 is 1.45 bits per heavy atom. The molecule has 1 N–H and O–H groups in total. The zero-order chi connectivity index (χ0) is 14.7. The van der Waals surface area contributed by atoms with E-state index in [-0.39, 0.29) is 5.56 Å². The molecule has 5 heteroatoms. The Morgan fingerprint density at radius 3 is 2.70 bits per heavy atom. The molecule has 2 aromatic heterocycles. The number of rotatable bonds is 6. The highest BCUT2D eigenvalue weighted by atomic mass is 32.1. The van der Waals surface area contributed by atoms with Crippen LogP contribution in [0.2, 0.25) is 0 Å². The summed E-state index contributed by atoms with van der Waals surface area (Å²) in [5, 5.41) is 11.1. The first-order valence-electron chi connectivity index (χ1n) is 6.56. The van der Waals surface area contributed by atoms with Crippen LogP contribution in [0.15, 0.2) is 28.0 Å². The maximum Gasteiger partial charge on any atom is 0.339 e. The lowest BCUT2D eigenvalue weighted by molar-refractivity contribution is 0.0695. The number of carboxylic acids is 1. The van der Waals surface area contributed by atoms with E-state index in [0.717, 1.165) is 6.54 Å². The Labute approximate surface area is 122 Å². The van der Waals surface area contributed by atoms with Crippen LogP contribution in [0, 0.1) is 6.92 Å². The normalized spacial score (nSPS) is 11.4. The van der Waals surface area contributed by atoms with E-state index in [1.165, 1.54) is 4.88 Å². The molecule has 4 nitrogen and oxygen atoms in total. The lowest BCUT2D eigenvalue weighted by Gasteiger charge is -2.24. The maximum atomic E-state index is 11.0. The fraction of sp³-hybridized carbons (Fsp3) is 0.400. The minimum atomic E-state index is -0.938. The Balaban J connectivity index is 2.12. The minimum Gasteiger partial charge on any atom is -0.478 e. The van der Waals surface area contributed by atoms with Crippen molar-refractivity contribution in [2.75, 3.05) is 0 Å². The summed E-state index contributed by atoms with van der Waals surface area (Å²) in [7, 11) is 0. The van der Waals surface area contributed by atoms with Crippen molar-refractivity contribution in [1.82, 2.24) is 4.90 Å². The van der Waals surface area contributed by atoms with Gasteiger partial charge in [0.1, 0.15) is 17.1 Å². The van der Waals surface area contributed by atoms with Crippen molar-refractivity contribution in [3.8, 4) is 0 Å². The van der Waals surface area contributed by atoms with Gasteiger partial charge in [0, 0.05) is 17.5 Å². The highest BCUT2D eigenvalue weighted by Gasteiger charge is 2.18. The van der Waals surface area contributed by atoms with Crippen LogP contribution in [-0.4, -0.2) is 22.0 Å². The van der Waals surface area contributed by atoms with Gasteiger partial charge in [-0.25, -0.2) is 4.79 Å². The lowest BCUT2D eigenvalue weighted by Crippen LogP contribution is -2.29. The van der Waals surface area contributed by atoms with Gasteiger partial charge in [0.25, 0.3) is 0 Å². The minimum absolute atomic E-state index is 0.250. The van der Waals surface area contributed by atoms with E-state index in [4.69, 9.17) is 9.52 Å². The quantitative estimate of drug-likeness (QED) is 0.881. The molecule has 0 aliphatic rings. The van der Waals surface area contributed by atoms with Gasteiger partial charge < -0.3 is 9.52 Å². The van der Waals surface area contributed by atoms with Gasteiger partial charge in [-0.3, -0.25) is 4.90 Å². The van der Waals surface area contributed by atoms with Gasteiger partial charge in [0.15, 0.2) is 0 Å². The van der Waals surface area contributed by atoms with Crippen molar-refractivity contribution in [3.05, 3.63) is 45.5 Å². The molecule has 0 fully saturated rings. The highest BCUT2D eigenvalue weighted by Crippen LogP contribution is 2.20. The van der Waals surface area contributed by atoms with Crippen molar-refractivity contribution in [1.29, 1.82) is 0 Å². The van der Waals surface area contributed by atoms with Gasteiger partial charge in [0.2, 0.25) is 0 Å². The molecule has 2 rings (SSSR count). The Hall–Kier alpha value is -1.59. The SMILES string of the molecule is Cc1oc(CN(Cc2cccs2)C(C)C)cc1C(=O)O. The molecule has 2 aromatic rings. The second-order valence-corrected chi connectivity index (χ2v) is 6.10. The van der Waals surface area contributed by atoms with Crippen LogP contribution in [0.4, 0.5) is 0 Å². The summed E-state index contributed by atoms with van der Waals surface area (Å²) >= 11 is 1.73. The van der Waals surface area contributed by atoms with Crippen LogP contribution in [0.3, 0.4) is 0 Å². The number of hydrogen-bond acceptors (Lipinski definition) is 4. The third-order valence-corrected chi connectivity index (χ3v) is 4.09. The number of furan rings is 1. The van der Waals surface area contributed by atoms with Crippen molar-refractivity contribution < 1.29 is 14.3 Å². The van der Waals surface area contributed by atoms with Crippen molar-refractivity contribution >= 4 is 17.3 Å². The zero-order valence-corrected chi connectivity index (χ0v) is 12.7. The van der Waals surface area contributed by atoms with E-state index in [2.05, 4.69) is 30.2 Å². The molecule has 0 spiro atoms. The number of aromatic carboxylic acids is 1. The smallest absolute Gasteiger partial charge is 0.339 e. The standard InChI is InChI=1S/C15H19NO3S/c1-10(2)16(9-13-5-4-6-20-13)8-12-7-14(15(17)18)11(3)19-12/h4-7,10H,8-9H2,1-3H3,(H,17,18). The predicted molar refractivity (Wildman–Crippen MR) is 79.1 cm³/mol. The highest BCUT2D eigenvalue weighted by molar-refractivity contribution is 7.09. The summed E-state index contributed by atoms with van der Waals surface area (Å²) < 4.78 is 5.56. The summed E-state index contributed by atoms with van der Waals surface area (Å²) in [6, 6.07) is 6.13. The molecule has 0 bridgehead atoms. The Morgan fingerprint density at radius 2 is 2.20 bits per heavy atom. The van der Waals surface area contributed by atoms with E-state index in [9.17, 15) is 4.79 Å². The third-order valence-electron chi connectivity index (χ3n) is 3.23. The number of aryl methyl sites for hydroxylation is 1. The molecular formula is C15H19NO3S. The largest absolute Gasteiger partial charge is 0.478 e. The summed E-state index contributed by atoms with van der Waals surface area (Å²) in [4.78, 5) is 14.6. The van der Waals surface area contributed by atoms with Crippen LogP contribution in [-0.2, 0) is 13.1 Å². The Kier molecular flexibility index (Phi) is 4.62. The van der Waals surface area contributed by atoms with Crippen LogP contribution in [0.5, 0.6) is 0 Å². The molecule has 108 valence electrons. The summed E-state index contributed by atoms with van der Waals surface area (Å²) in [6.45, 7) is 7.40. The average Bonchev–Trinajstić information content (AvgIpc) is 2.98. The number of carboxylic acid groups (broad SMARTS) is 1. The molecule has 0 aliphatic heterocycles. The molecule has 0 unspecified atom stereocenters. The van der Waals surface area contributed by atoms with Gasteiger partial charge in [0.05, 0.1) is 6.54 Å². The molecule has 0 amide bonds.